The summed E-state index contributed by atoms with van der Waals surface area (Å²) in [5.41, 5.74) is 19.1. The third kappa shape index (κ3) is 20.5. The van der Waals surface area contributed by atoms with Crippen molar-refractivity contribution in [1.82, 2.24) is 35.2 Å². The number of carbonyl (C=O) groups is 4. The molecule has 0 saturated heterocycles. The number of likely N-dealkylation sites (N-methyl/N-ethyl adjacent to an activating group) is 1. The summed E-state index contributed by atoms with van der Waals surface area (Å²) in [4.78, 5) is 54.2. The lowest BCUT2D eigenvalue weighted by Gasteiger charge is -2.30. The summed E-state index contributed by atoms with van der Waals surface area (Å²) in [5.74, 6) is -3.55. The maximum atomic E-state index is 14.3. The number of sulfonamides is 2. The van der Waals surface area contributed by atoms with Gasteiger partial charge in [-0.25, -0.2) is 16.8 Å². The Kier molecular flexibility index (Phi) is 24.3. The van der Waals surface area contributed by atoms with Gasteiger partial charge in [0.25, 0.3) is 0 Å². The number of unbranched alkanes of at least 4 members (excludes halogenated alkanes) is 2. The van der Waals surface area contributed by atoms with E-state index in [4.69, 9.17) is 17.2 Å². The van der Waals surface area contributed by atoms with Crippen molar-refractivity contribution in [2.75, 3.05) is 65.7 Å². The zero-order valence-corrected chi connectivity index (χ0v) is 39.3. The predicted molar refractivity (Wildman–Crippen MR) is 254 cm³/mol. The van der Waals surface area contributed by atoms with Gasteiger partial charge in [-0.1, -0.05) is 97.4 Å². The van der Waals surface area contributed by atoms with Crippen molar-refractivity contribution in [3.8, 4) is 0 Å². The summed E-state index contributed by atoms with van der Waals surface area (Å²) in [6.45, 7) is -1.06. The summed E-state index contributed by atoms with van der Waals surface area (Å²) in [7, 11) is -4.77. The Morgan fingerprint density at radius 3 is 1.54 bits per heavy atom. The molecule has 0 bridgehead atoms. The first-order valence-corrected chi connectivity index (χ1v) is 25.3. The standard InChI is InChI=1S/C45H70N10O8S2/c1-49-26-15-13-22-40(50-2)44(58)51-39(29-36-18-8-4-9-19-36)31-55(64(60,61)27-25-47)33-43(57)53-41(23-12-14-24-46)45(59)52-38(28-35-16-6-3-7-17-35)30-54(32-42(48)56)65(62,63)34-37-20-10-5-11-21-37/h3-11,16-21,38-41,49-50H,12-15,22-34,46-47H2,1-2H3,(H2,48,56)(H,51,58)(H,52,59)(H,53,57). The highest BCUT2D eigenvalue weighted by Crippen LogP contribution is 2.15. The number of hydrogen-bond acceptors (Lipinski definition) is 12. The van der Waals surface area contributed by atoms with Crippen LogP contribution in [-0.4, -0.2) is 139 Å². The molecule has 4 amide bonds. The van der Waals surface area contributed by atoms with Crippen molar-refractivity contribution in [1.29, 1.82) is 0 Å². The van der Waals surface area contributed by atoms with Gasteiger partial charge in [-0.05, 0) is 88.8 Å². The van der Waals surface area contributed by atoms with Crippen LogP contribution in [0.15, 0.2) is 91.0 Å². The number of nitrogens with zero attached hydrogens (tertiary/aromatic N) is 2. The Labute approximate surface area is 385 Å². The number of benzene rings is 3. The second-order valence-corrected chi connectivity index (χ2v) is 20.1. The topological polar surface area (TPSA) is 281 Å². The van der Waals surface area contributed by atoms with Crippen molar-refractivity contribution in [3.05, 3.63) is 108 Å². The Morgan fingerprint density at radius 2 is 1.06 bits per heavy atom. The van der Waals surface area contributed by atoms with Crippen LogP contribution in [0, 0.1) is 0 Å². The summed E-state index contributed by atoms with van der Waals surface area (Å²) in [5, 5.41) is 14.8. The van der Waals surface area contributed by atoms with E-state index in [2.05, 4.69) is 26.6 Å². The van der Waals surface area contributed by atoms with Gasteiger partial charge in [0.2, 0.25) is 43.7 Å². The minimum Gasteiger partial charge on any atom is -0.369 e. The number of hydrogen-bond donors (Lipinski definition) is 8. The number of nitrogens with one attached hydrogen (secondary N) is 5. The van der Waals surface area contributed by atoms with Crippen LogP contribution in [0.4, 0.5) is 0 Å². The molecule has 0 fully saturated rings. The fourth-order valence-corrected chi connectivity index (χ4v) is 10.1. The van der Waals surface area contributed by atoms with Gasteiger partial charge in [0.1, 0.15) is 6.04 Å². The van der Waals surface area contributed by atoms with E-state index in [9.17, 15) is 36.0 Å². The Balaban J connectivity index is 1.92. The Bertz CT molecular complexity index is 2100. The maximum Gasteiger partial charge on any atom is 0.242 e. The van der Waals surface area contributed by atoms with Crippen molar-refractivity contribution < 1.29 is 36.0 Å². The number of carbonyl (C=O) groups excluding carboxylic acids is 4. The number of nitrogens with two attached hydrogens (primary N) is 3. The molecule has 3 aromatic rings. The molecular weight excluding hydrogens is 873 g/mol. The lowest BCUT2D eigenvalue weighted by molar-refractivity contribution is -0.129. The molecule has 0 saturated carbocycles. The van der Waals surface area contributed by atoms with E-state index in [0.717, 1.165) is 39.1 Å². The average molecular weight is 943 g/mol. The molecule has 3 aromatic carbocycles. The van der Waals surface area contributed by atoms with Crippen molar-refractivity contribution in [3.63, 3.8) is 0 Å². The van der Waals surface area contributed by atoms with Crippen molar-refractivity contribution in [2.45, 2.75) is 81.3 Å². The first-order chi connectivity index (χ1) is 31.1. The molecule has 0 aliphatic carbocycles. The van der Waals surface area contributed by atoms with Crippen LogP contribution in [0.5, 0.6) is 0 Å². The van der Waals surface area contributed by atoms with Gasteiger partial charge in [-0.2, -0.15) is 8.61 Å². The van der Waals surface area contributed by atoms with Crippen molar-refractivity contribution in [2.24, 2.45) is 17.2 Å². The molecule has 3 rings (SSSR count). The van der Waals surface area contributed by atoms with E-state index in [1.54, 1.807) is 49.5 Å². The van der Waals surface area contributed by atoms with Crippen LogP contribution in [0.2, 0.25) is 0 Å². The highest BCUT2D eigenvalue weighted by molar-refractivity contribution is 7.89. The first-order valence-electron chi connectivity index (χ1n) is 22.1. The second kappa shape index (κ2) is 29.0. The molecule has 65 heavy (non-hydrogen) atoms. The molecular formula is C45H70N10O8S2. The number of rotatable bonds is 33. The monoisotopic (exact) mass is 942 g/mol. The molecule has 0 heterocycles. The molecule has 0 radical (unpaired) electrons. The maximum absolute atomic E-state index is 14.3. The molecule has 0 aliphatic rings. The van der Waals surface area contributed by atoms with Crippen LogP contribution in [0.3, 0.4) is 0 Å². The third-order valence-electron chi connectivity index (χ3n) is 10.6. The number of primary amides is 1. The highest BCUT2D eigenvalue weighted by atomic mass is 32.2. The molecule has 0 aromatic heterocycles. The van der Waals surface area contributed by atoms with Crippen LogP contribution in [0.25, 0.3) is 0 Å². The lowest BCUT2D eigenvalue weighted by Crippen LogP contribution is -2.56. The molecule has 11 N–H and O–H groups in total. The normalized spacial score (nSPS) is 13.8. The van der Waals surface area contributed by atoms with Gasteiger partial charge in [0.05, 0.1) is 30.6 Å². The van der Waals surface area contributed by atoms with Gasteiger partial charge in [0, 0.05) is 31.7 Å². The van der Waals surface area contributed by atoms with E-state index >= 15 is 0 Å². The summed E-state index contributed by atoms with van der Waals surface area (Å²) in [6, 6.07) is 23.3. The third-order valence-corrected chi connectivity index (χ3v) is 14.2. The Morgan fingerprint density at radius 1 is 0.585 bits per heavy atom. The molecule has 0 aliphatic heterocycles. The molecule has 0 spiro atoms. The quantitative estimate of drug-likeness (QED) is 0.0373. The molecule has 4 unspecified atom stereocenters. The van der Waals surface area contributed by atoms with E-state index in [1.165, 1.54) is 0 Å². The molecule has 18 nitrogen and oxygen atoms in total. The van der Waals surface area contributed by atoms with E-state index in [1.807, 2.05) is 55.6 Å². The molecule has 360 valence electrons. The molecule has 4 atom stereocenters. The largest absolute Gasteiger partial charge is 0.369 e. The fourth-order valence-electron chi connectivity index (χ4n) is 7.31. The minimum absolute atomic E-state index is 0.117. The van der Waals surface area contributed by atoms with E-state index in [0.29, 0.717) is 31.4 Å². The summed E-state index contributed by atoms with van der Waals surface area (Å²) >= 11 is 0. The van der Waals surface area contributed by atoms with Gasteiger partial charge < -0.3 is 43.8 Å². The van der Waals surface area contributed by atoms with Gasteiger partial charge in [0.15, 0.2) is 0 Å². The average Bonchev–Trinajstić information content (AvgIpc) is 3.26. The van der Waals surface area contributed by atoms with Gasteiger partial charge in [-0.3, -0.25) is 19.2 Å². The van der Waals surface area contributed by atoms with E-state index in [-0.39, 0.29) is 44.8 Å². The Hall–Kier alpha value is -4.80. The second-order valence-electron chi connectivity index (χ2n) is 16.0. The summed E-state index contributed by atoms with van der Waals surface area (Å²) in [6.07, 6.45) is 3.62. The van der Waals surface area contributed by atoms with Crippen LogP contribution in [0.1, 0.15) is 55.2 Å². The van der Waals surface area contributed by atoms with Crippen LogP contribution >= 0.6 is 0 Å². The first kappa shape index (κ1) is 54.5. The minimum atomic E-state index is -4.17. The zero-order valence-electron chi connectivity index (χ0n) is 37.7. The molecule has 20 heteroatoms. The smallest absolute Gasteiger partial charge is 0.242 e. The lowest BCUT2D eigenvalue weighted by atomic mass is 10.0. The van der Waals surface area contributed by atoms with Crippen LogP contribution < -0.4 is 43.8 Å². The predicted octanol–water partition coefficient (Wildman–Crippen LogP) is -0.0593. The highest BCUT2D eigenvalue weighted by Gasteiger charge is 2.33. The number of amides is 4. The van der Waals surface area contributed by atoms with Crippen molar-refractivity contribution >= 4 is 43.7 Å². The van der Waals surface area contributed by atoms with E-state index < -0.39 is 86.5 Å². The summed E-state index contributed by atoms with van der Waals surface area (Å²) < 4.78 is 57.1. The zero-order chi connectivity index (χ0) is 47.7. The van der Waals surface area contributed by atoms with Gasteiger partial charge >= 0.3 is 0 Å². The van der Waals surface area contributed by atoms with Crippen LogP contribution in [-0.2, 0) is 57.8 Å². The fraction of sp³-hybridized carbons (Fsp3) is 0.511. The SMILES string of the molecule is CNCCCCC(NC)C(=O)NC(Cc1ccccc1)CN(CC(=O)NC(CCCCN)C(=O)NC(Cc1ccccc1)CN(CC(N)=O)S(=O)(=O)Cc1ccccc1)S(=O)(=O)CCN. The van der Waals surface area contributed by atoms with Gasteiger partial charge in [-0.15, -0.1) is 0 Å².